The summed E-state index contributed by atoms with van der Waals surface area (Å²) >= 11 is 0. The number of carbonyl (C=O) groups excluding carboxylic acids is 1. The number of methoxy groups -OCH3 is 2. The Morgan fingerprint density at radius 1 is 1.00 bits per heavy atom. The zero-order valence-corrected chi connectivity index (χ0v) is 14.7. The summed E-state index contributed by atoms with van der Waals surface area (Å²) < 4.78 is 21.3. The monoisotopic (exact) mass is 345 g/mol. The van der Waals surface area contributed by atoms with Crippen LogP contribution in [0.4, 0.5) is 5.69 Å². The highest BCUT2D eigenvalue weighted by molar-refractivity contribution is 5.92. The second-order valence-electron chi connectivity index (χ2n) is 5.36. The molecule has 2 rings (SSSR count). The van der Waals surface area contributed by atoms with E-state index in [0.717, 1.165) is 5.56 Å². The van der Waals surface area contributed by atoms with Crippen LogP contribution in [0, 0.1) is 6.92 Å². The van der Waals surface area contributed by atoms with E-state index in [2.05, 4.69) is 5.32 Å². The van der Waals surface area contributed by atoms with Gasteiger partial charge in [0.15, 0.2) is 18.1 Å². The van der Waals surface area contributed by atoms with Crippen molar-refractivity contribution in [3.63, 3.8) is 0 Å². The molecule has 0 bridgehead atoms. The lowest BCUT2D eigenvalue weighted by atomic mass is 10.2. The molecule has 0 aliphatic carbocycles. The first-order chi connectivity index (χ1) is 12.1. The molecule has 0 aliphatic rings. The highest BCUT2D eigenvalue weighted by Crippen LogP contribution is 2.27. The van der Waals surface area contributed by atoms with Gasteiger partial charge in [0.2, 0.25) is 0 Å². The molecule has 25 heavy (non-hydrogen) atoms. The van der Waals surface area contributed by atoms with Gasteiger partial charge in [-0.3, -0.25) is 4.79 Å². The molecule has 0 saturated heterocycles. The van der Waals surface area contributed by atoms with Crippen molar-refractivity contribution in [2.24, 2.45) is 0 Å². The number of amides is 1. The Hall–Kier alpha value is -2.73. The number of aryl methyl sites for hydroxylation is 1. The summed E-state index contributed by atoms with van der Waals surface area (Å²) in [6, 6.07) is 12.7. The summed E-state index contributed by atoms with van der Waals surface area (Å²) in [4.78, 5) is 12.1. The standard InChI is InChI=1S/C19H23NO5/c1-14-7-8-17(18(11-14)23-3)25-13-19(21)20-15-5-4-6-16(12-15)24-10-9-22-2/h4-8,11-12H,9-10,13H2,1-3H3,(H,20,21). The third-order valence-electron chi connectivity index (χ3n) is 3.35. The Bertz CT molecular complexity index is 702. The second kappa shape index (κ2) is 9.54. The van der Waals surface area contributed by atoms with Gasteiger partial charge in [0.1, 0.15) is 12.4 Å². The Morgan fingerprint density at radius 2 is 1.84 bits per heavy atom. The first-order valence-corrected chi connectivity index (χ1v) is 7.91. The fourth-order valence-electron chi connectivity index (χ4n) is 2.14. The minimum absolute atomic E-state index is 0.117. The second-order valence-corrected chi connectivity index (χ2v) is 5.36. The molecule has 1 N–H and O–H groups in total. The van der Waals surface area contributed by atoms with Crippen molar-refractivity contribution in [3.05, 3.63) is 48.0 Å². The summed E-state index contributed by atoms with van der Waals surface area (Å²) in [6.45, 7) is 2.79. The van der Waals surface area contributed by atoms with Gasteiger partial charge in [-0.05, 0) is 36.8 Å². The van der Waals surface area contributed by atoms with Crippen molar-refractivity contribution >= 4 is 11.6 Å². The van der Waals surface area contributed by atoms with Crippen LogP contribution in [0.15, 0.2) is 42.5 Å². The van der Waals surface area contributed by atoms with Crippen molar-refractivity contribution in [1.82, 2.24) is 0 Å². The molecule has 0 saturated carbocycles. The fraction of sp³-hybridized carbons (Fsp3) is 0.316. The van der Waals surface area contributed by atoms with Crippen LogP contribution in [0.1, 0.15) is 5.56 Å². The van der Waals surface area contributed by atoms with E-state index >= 15 is 0 Å². The van der Waals surface area contributed by atoms with E-state index in [1.54, 1.807) is 32.4 Å². The average Bonchev–Trinajstić information content (AvgIpc) is 2.61. The number of hydrogen-bond donors (Lipinski definition) is 1. The minimum Gasteiger partial charge on any atom is -0.493 e. The van der Waals surface area contributed by atoms with Crippen LogP contribution in [0.5, 0.6) is 17.2 Å². The van der Waals surface area contributed by atoms with Crippen LogP contribution < -0.4 is 19.5 Å². The summed E-state index contributed by atoms with van der Waals surface area (Å²) in [7, 11) is 3.18. The van der Waals surface area contributed by atoms with Gasteiger partial charge in [0.25, 0.3) is 5.91 Å². The topological polar surface area (TPSA) is 66.0 Å². The maximum absolute atomic E-state index is 12.1. The van der Waals surface area contributed by atoms with E-state index in [9.17, 15) is 4.79 Å². The summed E-state index contributed by atoms with van der Waals surface area (Å²) in [5.41, 5.74) is 1.69. The highest BCUT2D eigenvalue weighted by atomic mass is 16.5. The summed E-state index contributed by atoms with van der Waals surface area (Å²) in [5.74, 6) is 1.52. The van der Waals surface area contributed by atoms with Gasteiger partial charge in [-0.2, -0.15) is 0 Å². The van der Waals surface area contributed by atoms with Crippen LogP contribution in [-0.2, 0) is 9.53 Å². The maximum atomic E-state index is 12.1. The van der Waals surface area contributed by atoms with Crippen LogP contribution in [0.3, 0.4) is 0 Å². The molecule has 6 nitrogen and oxygen atoms in total. The molecule has 0 atom stereocenters. The lowest BCUT2D eigenvalue weighted by Gasteiger charge is -2.12. The SMILES string of the molecule is COCCOc1cccc(NC(=O)COc2ccc(C)cc2OC)c1. The normalized spacial score (nSPS) is 10.2. The molecular formula is C19H23NO5. The van der Waals surface area contributed by atoms with Crippen molar-refractivity contribution in [2.45, 2.75) is 6.92 Å². The largest absolute Gasteiger partial charge is 0.493 e. The molecule has 2 aromatic rings. The van der Waals surface area contributed by atoms with Crippen molar-refractivity contribution in [3.8, 4) is 17.2 Å². The van der Waals surface area contributed by atoms with Gasteiger partial charge in [-0.25, -0.2) is 0 Å². The number of ether oxygens (including phenoxy) is 4. The molecule has 0 fully saturated rings. The average molecular weight is 345 g/mol. The Kier molecular flexibility index (Phi) is 7.10. The number of carbonyl (C=O) groups is 1. The molecule has 0 unspecified atom stereocenters. The zero-order chi connectivity index (χ0) is 18.1. The Morgan fingerprint density at radius 3 is 2.60 bits per heavy atom. The quantitative estimate of drug-likeness (QED) is 0.708. The van der Waals surface area contributed by atoms with Gasteiger partial charge >= 0.3 is 0 Å². The predicted octanol–water partition coefficient (Wildman–Crippen LogP) is 3.05. The van der Waals surface area contributed by atoms with Crippen LogP contribution in [0.25, 0.3) is 0 Å². The maximum Gasteiger partial charge on any atom is 0.262 e. The van der Waals surface area contributed by atoms with Gasteiger partial charge in [-0.1, -0.05) is 12.1 Å². The molecule has 0 aliphatic heterocycles. The molecule has 0 aromatic heterocycles. The molecule has 0 heterocycles. The molecule has 0 radical (unpaired) electrons. The number of rotatable bonds is 9. The van der Waals surface area contributed by atoms with E-state index in [0.29, 0.717) is 36.1 Å². The number of anilines is 1. The number of hydrogen-bond acceptors (Lipinski definition) is 5. The van der Waals surface area contributed by atoms with E-state index < -0.39 is 0 Å². The first kappa shape index (κ1) is 18.6. The molecule has 1 amide bonds. The minimum atomic E-state index is -0.267. The summed E-state index contributed by atoms with van der Waals surface area (Å²) in [5, 5.41) is 2.78. The summed E-state index contributed by atoms with van der Waals surface area (Å²) in [6.07, 6.45) is 0. The lowest BCUT2D eigenvalue weighted by Crippen LogP contribution is -2.20. The van der Waals surface area contributed by atoms with Gasteiger partial charge in [0, 0.05) is 18.9 Å². The Balaban J connectivity index is 1.89. The van der Waals surface area contributed by atoms with Gasteiger partial charge in [0.05, 0.1) is 13.7 Å². The highest BCUT2D eigenvalue weighted by Gasteiger charge is 2.08. The van der Waals surface area contributed by atoms with Crippen LogP contribution in [-0.4, -0.2) is 39.9 Å². The van der Waals surface area contributed by atoms with Crippen LogP contribution in [0.2, 0.25) is 0 Å². The van der Waals surface area contributed by atoms with Crippen LogP contribution >= 0.6 is 0 Å². The van der Waals surface area contributed by atoms with E-state index in [1.165, 1.54) is 0 Å². The third-order valence-corrected chi connectivity index (χ3v) is 3.35. The molecular weight excluding hydrogens is 322 g/mol. The number of nitrogens with one attached hydrogen (secondary N) is 1. The first-order valence-electron chi connectivity index (χ1n) is 7.91. The van der Waals surface area contributed by atoms with Crippen molar-refractivity contribution < 1.29 is 23.7 Å². The molecule has 2 aromatic carbocycles. The smallest absolute Gasteiger partial charge is 0.262 e. The van der Waals surface area contributed by atoms with E-state index in [-0.39, 0.29) is 12.5 Å². The van der Waals surface area contributed by atoms with Gasteiger partial charge < -0.3 is 24.3 Å². The van der Waals surface area contributed by atoms with E-state index in [1.807, 2.05) is 31.2 Å². The molecule has 0 spiro atoms. The predicted molar refractivity (Wildman–Crippen MR) is 95.7 cm³/mol. The van der Waals surface area contributed by atoms with Crippen molar-refractivity contribution in [1.29, 1.82) is 0 Å². The van der Waals surface area contributed by atoms with Gasteiger partial charge in [-0.15, -0.1) is 0 Å². The Labute approximate surface area is 147 Å². The lowest BCUT2D eigenvalue weighted by molar-refractivity contribution is -0.118. The number of benzene rings is 2. The van der Waals surface area contributed by atoms with E-state index in [4.69, 9.17) is 18.9 Å². The molecule has 134 valence electrons. The zero-order valence-electron chi connectivity index (χ0n) is 14.7. The third kappa shape index (κ3) is 6.00. The van der Waals surface area contributed by atoms with Crippen molar-refractivity contribution in [2.75, 3.05) is 39.4 Å². The molecule has 6 heteroatoms. The fourth-order valence-corrected chi connectivity index (χ4v) is 2.14.